The van der Waals surface area contributed by atoms with Crippen LogP contribution in [0.1, 0.15) is 52.0 Å². The molecule has 2 aliphatic heterocycles. The highest BCUT2D eigenvalue weighted by Gasteiger charge is 2.48. The average molecular weight is 440 g/mol. The predicted octanol–water partition coefficient (Wildman–Crippen LogP) is 2.39. The van der Waals surface area contributed by atoms with Crippen molar-refractivity contribution in [2.75, 3.05) is 13.1 Å². The summed E-state index contributed by atoms with van der Waals surface area (Å²) in [6.07, 6.45) is 3.27. The predicted molar refractivity (Wildman–Crippen MR) is 115 cm³/mol. The van der Waals surface area contributed by atoms with Crippen LogP contribution in [-0.4, -0.2) is 54.6 Å². The number of hydrogen-bond acceptors (Lipinski definition) is 5. The van der Waals surface area contributed by atoms with Crippen molar-refractivity contribution in [3.05, 3.63) is 65.2 Å². The van der Waals surface area contributed by atoms with Gasteiger partial charge in [-0.1, -0.05) is 30.3 Å². The third-order valence-electron chi connectivity index (χ3n) is 6.18. The molecule has 7 nitrogen and oxygen atoms in total. The minimum Gasteiger partial charge on any atom is -0.348 e. The van der Waals surface area contributed by atoms with Crippen LogP contribution < -0.4 is 5.32 Å². The van der Waals surface area contributed by atoms with Crippen molar-refractivity contribution in [1.29, 1.82) is 0 Å². The van der Waals surface area contributed by atoms with Crippen LogP contribution in [0.3, 0.4) is 0 Å². The molecule has 8 heteroatoms. The molecule has 2 aromatic rings. The smallest absolute Gasteiger partial charge is 0.269 e. The maximum Gasteiger partial charge on any atom is 0.269 e. The number of nitrogens with one attached hydrogen (secondary N) is 1. The van der Waals surface area contributed by atoms with Crippen molar-refractivity contribution in [3.63, 3.8) is 0 Å². The molecule has 2 aromatic carbocycles. The van der Waals surface area contributed by atoms with Crippen LogP contribution in [0.2, 0.25) is 0 Å². The van der Waals surface area contributed by atoms with Gasteiger partial charge >= 0.3 is 0 Å². The van der Waals surface area contributed by atoms with Gasteiger partial charge in [0, 0.05) is 30.7 Å². The zero-order valence-electron chi connectivity index (χ0n) is 17.2. The van der Waals surface area contributed by atoms with E-state index in [2.05, 4.69) is 22.3 Å². The fourth-order valence-corrected chi connectivity index (χ4v) is 6.33. The van der Waals surface area contributed by atoms with Crippen LogP contribution in [0.25, 0.3) is 0 Å². The van der Waals surface area contributed by atoms with Crippen molar-refractivity contribution in [1.82, 2.24) is 14.5 Å². The van der Waals surface area contributed by atoms with Crippen LogP contribution >= 0.6 is 0 Å². The molecule has 0 aromatic heterocycles. The number of likely N-dealkylation sites (tertiary alicyclic amines) is 1. The Morgan fingerprint density at radius 2 is 1.84 bits per heavy atom. The number of nitrogens with zero attached hydrogens (tertiary/aromatic N) is 2. The van der Waals surface area contributed by atoms with Gasteiger partial charge in [0.15, 0.2) is 0 Å². The lowest BCUT2D eigenvalue weighted by molar-refractivity contribution is 0.0861. The number of fused-ring (bicyclic) bond motifs is 1. The van der Waals surface area contributed by atoms with E-state index in [1.165, 1.54) is 17.7 Å². The highest BCUT2D eigenvalue weighted by Crippen LogP contribution is 2.39. The molecule has 0 spiro atoms. The van der Waals surface area contributed by atoms with E-state index in [-0.39, 0.29) is 34.0 Å². The molecule has 5 rings (SSSR count). The quantitative estimate of drug-likeness (QED) is 0.773. The normalized spacial score (nSPS) is 22.9. The molecule has 2 amide bonds. The summed E-state index contributed by atoms with van der Waals surface area (Å²) in [5.74, 6) is -0.782. The zero-order valence-corrected chi connectivity index (χ0v) is 18.0. The number of sulfonamides is 1. The first kappa shape index (κ1) is 20.2. The molecule has 31 heavy (non-hydrogen) atoms. The largest absolute Gasteiger partial charge is 0.348 e. The van der Waals surface area contributed by atoms with Gasteiger partial charge < -0.3 is 5.32 Å². The van der Waals surface area contributed by atoms with Gasteiger partial charge in [-0.2, -0.15) is 0 Å². The molecule has 3 aliphatic rings. The Balaban J connectivity index is 1.28. The van der Waals surface area contributed by atoms with Gasteiger partial charge in [0.1, 0.15) is 4.90 Å². The van der Waals surface area contributed by atoms with Crippen molar-refractivity contribution in [3.8, 4) is 0 Å². The van der Waals surface area contributed by atoms with E-state index < -0.39 is 15.9 Å². The van der Waals surface area contributed by atoms with E-state index in [9.17, 15) is 18.0 Å². The summed E-state index contributed by atoms with van der Waals surface area (Å²) >= 11 is 0. The van der Waals surface area contributed by atoms with Gasteiger partial charge in [-0.15, -0.1) is 0 Å². The number of amides is 2. The molecule has 2 heterocycles. The van der Waals surface area contributed by atoms with E-state index in [1.54, 1.807) is 6.07 Å². The molecule has 162 valence electrons. The second-order valence-electron chi connectivity index (χ2n) is 8.58. The maximum absolute atomic E-state index is 12.9. The molecule has 1 saturated carbocycles. The minimum atomic E-state index is -3.87. The second-order valence-corrected chi connectivity index (χ2v) is 10.4. The molecule has 0 unspecified atom stereocenters. The lowest BCUT2D eigenvalue weighted by atomic mass is 10.0. The number of piperidine rings is 1. The number of carbonyl (C=O) groups is 2. The number of benzene rings is 2. The first-order chi connectivity index (χ1) is 14.9. The molecule has 1 atom stereocenters. The molecule has 2 fully saturated rings. The molecule has 1 saturated heterocycles. The van der Waals surface area contributed by atoms with Crippen molar-refractivity contribution >= 4 is 21.8 Å². The van der Waals surface area contributed by atoms with Crippen LogP contribution in [0, 0.1) is 0 Å². The Kier molecular flexibility index (Phi) is 5.06. The SMILES string of the molecule is O=C(N[C@@H]1CCCN(Cc2ccccc2)C1)c1ccc2c(c1)S(=O)(=O)N(C1CC1)C2=O. The summed E-state index contributed by atoms with van der Waals surface area (Å²) in [4.78, 5) is 27.7. The number of hydrogen-bond donors (Lipinski definition) is 1. The standard InChI is InChI=1S/C23H25N3O4S/c27-22(24-18-7-4-12-25(15-18)14-16-5-2-1-3-6-16)17-8-11-20-21(13-17)31(29,30)26(23(20)28)19-9-10-19/h1-3,5-6,8,11,13,18-19H,4,7,9-10,12,14-15H2,(H,24,27)/t18-/m1/s1. The first-order valence-electron chi connectivity index (χ1n) is 10.7. The number of rotatable bonds is 5. The number of carbonyl (C=O) groups excluding carboxylic acids is 2. The summed E-state index contributed by atoms with van der Waals surface area (Å²) < 4.78 is 26.6. The second kappa shape index (κ2) is 7.76. The summed E-state index contributed by atoms with van der Waals surface area (Å²) in [5, 5.41) is 3.05. The van der Waals surface area contributed by atoms with Crippen molar-refractivity contribution in [2.45, 2.75) is 49.2 Å². The summed E-state index contributed by atoms with van der Waals surface area (Å²) in [6.45, 7) is 2.57. The van der Waals surface area contributed by atoms with E-state index in [0.29, 0.717) is 12.8 Å². The van der Waals surface area contributed by atoms with E-state index >= 15 is 0 Å². The highest BCUT2D eigenvalue weighted by molar-refractivity contribution is 7.90. The fraction of sp³-hybridized carbons (Fsp3) is 0.391. The Bertz CT molecular complexity index is 1130. The van der Waals surface area contributed by atoms with Gasteiger partial charge in [0.25, 0.3) is 21.8 Å². The first-order valence-corrected chi connectivity index (χ1v) is 12.2. The van der Waals surface area contributed by atoms with Gasteiger partial charge in [0.05, 0.1) is 5.56 Å². The van der Waals surface area contributed by atoms with Gasteiger partial charge in [0.2, 0.25) is 0 Å². The summed E-state index contributed by atoms with van der Waals surface area (Å²) in [5.41, 5.74) is 1.67. The topological polar surface area (TPSA) is 86.8 Å². The maximum atomic E-state index is 12.9. The van der Waals surface area contributed by atoms with Crippen LogP contribution in [0.5, 0.6) is 0 Å². The van der Waals surface area contributed by atoms with Crippen molar-refractivity contribution < 1.29 is 18.0 Å². The Labute approximate surface area is 182 Å². The monoisotopic (exact) mass is 439 g/mol. The van der Waals surface area contributed by atoms with Gasteiger partial charge in [-0.05, 0) is 56.0 Å². The fourth-order valence-electron chi connectivity index (χ4n) is 4.49. The van der Waals surface area contributed by atoms with E-state index in [1.807, 2.05) is 18.2 Å². The third kappa shape index (κ3) is 3.85. The summed E-state index contributed by atoms with van der Waals surface area (Å²) in [6, 6.07) is 14.4. The molecule has 0 bridgehead atoms. The Morgan fingerprint density at radius 3 is 2.58 bits per heavy atom. The third-order valence-corrected chi connectivity index (χ3v) is 8.05. The molecule has 0 radical (unpaired) electrons. The van der Waals surface area contributed by atoms with Gasteiger partial charge in [-0.3, -0.25) is 14.5 Å². The van der Waals surface area contributed by atoms with Crippen LogP contribution in [-0.2, 0) is 16.6 Å². The van der Waals surface area contributed by atoms with Crippen LogP contribution in [0.4, 0.5) is 0 Å². The molecule has 1 N–H and O–H groups in total. The van der Waals surface area contributed by atoms with Crippen molar-refractivity contribution in [2.24, 2.45) is 0 Å². The Hall–Kier alpha value is -2.71. The summed E-state index contributed by atoms with van der Waals surface area (Å²) in [7, 11) is -3.87. The minimum absolute atomic E-state index is 0.000538. The lowest BCUT2D eigenvalue weighted by Crippen LogP contribution is -2.47. The highest BCUT2D eigenvalue weighted by atomic mass is 32.2. The van der Waals surface area contributed by atoms with E-state index in [4.69, 9.17) is 0 Å². The molecule has 1 aliphatic carbocycles. The zero-order chi connectivity index (χ0) is 21.6. The average Bonchev–Trinajstić information content (AvgIpc) is 3.56. The lowest BCUT2D eigenvalue weighted by Gasteiger charge is -2.33. The van der Waals surface area contributed by atoms with Gasteiger partial charge in [-0.25, -0.2) is 12.7 Å². The Morgan fingerprint density at radius 1 is 1.06 bits per heavy atom. The van der Waals surface area contributed by atoms with E-state index in [0.717, 1.165) is 36.8 Å². The molecular weight excluding hydrogens is 414 g/mol. The molecular formula is C23H25N3O4S. The van der Waals surface area contributed by atoms with Crippen LogP contribution in [0.15, 0.2) is 53.4 Å².